The Balaban J connectivity index is 1.86. The highest BCUT2D eigenvalue weighted by atomic mass is 16.2. The molecule has 1 aromatic heterocycles. The standard InChI is InChI=1S/C15H20N4O2/c1-2-12-14(20)18-9-4-3-7-13(18)15(21)19(12)10-11-6-5-8-16-17-11/h5-6,8,12-13H,2-4,7,9-10H2,1H3. The number of piperidine rings is 1. The summed E-state index contributed by atoms with van der Waals surface area (Å²) in [7, 11) is 0. The SMILES string of the molecule is CCC1C(=O)N2CCCCC2C(=O)N1Cc1cccnn1. The molecule has 2 atom stereocenters. The largest absolute Gasteiger partial charge is 0.329 e. The van der Waals surface area contributed by atoms with Crippen LogP contribution in [-0.4, -0.2) is 50.4 Å². The molecule has 2 aliphatic rings. The lowest BCUT2D eigenvalue weighted by Gasteiger charge is -2.46. The van der Waals surface area contributed by atoms with Crippen molar-refractivity contribution in [3.8, 4) is 0 Å². The van der Waals surface area contributed by atoms with E-state index in [4.69, 9.17) is 0 Å². The van der Waals surface area contributed by atoms with E-state index in [1.165, 1.54) is 0 Å². The van der Waals surface area contributed by atoms with E-state index in [0.29, 0.717) is 19.5 Å². The van der Waals surface area contributed by atoms with Crippen molar-refractivity contribution in [3.63, 3.8) is 0 Å². The fourth-order valence-corrected chi connectivity index (χ4v) is 3.30. The van der Waals surface area contributed by atoms with E-state index in [9.17, 15) is 9.59 Å². The lowest BCUT2D eigenvalue weighted by molar-refractivity contribution is -0.164. The first kappa shape index (κ1) is 14.0. The summed E-state index contributed by atoms with van der Waals surface area (Å²) in [4.78, 5) is 28.9. The van der Waals surface area contributed by atoms with Crippen molar-refractivity contribution in [2.75, 3.05) is 6.54 Å². The molecule has 0 radical (unpaired) electrons. The topological polar surface area (TPSA) is 66.4 Å². The van der Waals surface area contributed by atoms with Gasteiger partial charge in [0.15, 0.2) is 0 Å². The van der Waals surface area contributed by atoms with Crippen molar-refractivity contribution >= 4 is 11.8 Å². The summed E-state index contributed by atoms with van der Waals surface area (Å²) in [5.41, 5.74) is 0.723. The van der Waals surface area contributed by atoms with Gasteiger partial charge in [-0.3, -0.25) is 9.59 Å². The molecule has 2 aliphatic heterocycles. The smallest absolute Gasteiger partial charge is 0.246 e. The monoisotopic (exact) mass is 288 g/mol. The van der Waals surface area contributed by atoms with Crippen LogP contribution in [0.2, 0.25) is 0 Å². The average Bonchev–Trinajstić information content (AvgIpc) is 2.54. The first-order valence-electron chi connectivity index (χ1n) is 7.60. The number of carbonyl (C=O) groups is 2. The minimum absolute atomic E-state index is 0.0619. The Bertz CT molecular complexity index is 534. The van der Waals surface area contributed by atoms with Crippen molar-refractivity contribution < 1.29 is 9.59 Å². The van der Waals surface area contributed by atoms with Gasteiger partial charge in [-0.05, 0) is 37.8 Å². The van der Waals surface area contributed by atoms with Gasteiger partial charge in [0.25, 0.3) is 0 Å². The lowest BCUT2D eigenvalue weighted by Crippen LogP contribution is -2.65. The summed E-state index contributed by atoms with van der Waals surface area (Å²) in [6, 6.07) is 3.00. The molecule has 0 saturated carbocycles. The molecule has 2 amide bonds. The van der Waals surface area contributed by atoms with Gasteiger partial charge in [0, 0.05) is 12.7 Å². The average molecular weight is 288 g/mol. The molecule has 0 bridgehead atoms. The van der Waals surface area contributed by atoms with Crippen LogP contribution in [0.4, 0.5) is 0 Å². The Labute approximate surface area is 124 Å². The zero-order valence-electron chi connectivity index (χ0n) is 12.2. The van der Waals surface area contributed by atoms with Crippen molar-refractivity contribution in [1.82, 2.24) is 20.0 Å². The summed E-state index contributed by atoms with van der Waals surface area (Å²) in [6.45, 7) is 3.02. The first-order valence-corrected chi connectivity index (χ1v) is 7.60. The van der Waals surface area contributed by atoms with Gasteiger partial charge in [-0.15, -0.1) is 0 Å². The van der Waals surface area contributed by atoms with Gasteiger partial charge in [-0.2, -0.15) is 10.2 Å². The van der Waals surface area contributed by atoms with Gasteiger partial charge >= 0.3 is 0 Å². The molecule has 1 aromatic rings. The van der Waals surface area contributed by atoms with Gasteiger partial charge in [-0.1, -0.05) is 6.92 Å². The van der Waals surface area contributed by atoms with Gasteiger partial charge < -0.3 is 9.80 Å². The lowest BCUT2D eigenvalue weighted by atomic mass is 9.94. The van der Waals surface area contributed by atoms with Crippen LogP contribution >= 0.6 is 0 Å². The normalized spacial score (nSPS) is 26.0. The number of fused-ring (bicyclic) bond motifs is 1. The zero-order valence-corrected chi connectivity index (χ0v) is 12.2. The minimum Gasteiger partial charge on any atom is -0.329 e. The van der Waals surface area contributed by atoms with Gasteiger partial charge in [-0.25, -0.2) is 0 Å². The highest BCUT2D eigenvalue weighted by Crippen LogP contribution is 2.28. The number of carbonyl (C=O) groups excluding carboxylic acids is 2. The summed E-state index contributed by atoms with van der Waals surface area (Å²) in [5, 5.41) is 7.88. The second-order valence-corrected chi connectivity index (χ2v) is 5.65. The molecule has 6 nitrogen and oxygen atoms in total. The molecular formula is C15H20N4O2. The van der Waals surface area contributed by atoms with E-state index in [0.717, 1.165) is 25.0 Å². The second kappa shape index (κ2) is 5.79. The zero-order chi connectivity index (χ0) is 14.8. The summed E-state index contributed by atoms with van der Waals surface area (Å²) >= 11 is 0. The van der Waals surface area contributed by atoms with Gasteiger partial charge in [0.1, 0.15) is 12.1 Å². The highest BCUT2D eigenvalue weighted by Gasteiger charge is 2.45. The maximum absolute atomic E-state index is 12.8. The maximum Gasteiger partial charge on any atom is 0.246 e. The molecule has 0 aromatic carbocycles. The molecule has 0 N–H and O–H groups in total. The van der Waals surface area contributed by atoms with Crippen LogP contribution in [0, 0.1) is 0 Å². The van der Waals surface area contributed by atoms with E-state index in [-0.39, 0.29) is 23.9 Å². The Morgan fingerprint density at radius 1 is 1.29 bits per heavy atom. The molecular weight excluding hydrogens is 268 g/mol. The van der Waals surface area contributed by atoms with Gasteiger partial charge in [0.05, 0.1) is 12.2 Å². The summed E-state index contributed by atoms with van der Waals surface area (Å²) < 4.78 is 0. The maximum atomic E-state index is 12.8. The van der Waals surface area contributed by atoms with Crippen LogP contribution < -0.4 is 0 Å². The Morgan fingerprint density at radius 2 is 2.14 bits per heavy atom. The number of rotatable bonds is 3. The van der Waals surface area contributed by atoms with E-state index >= 15 is 0 Å². The predicted molar refractivity (Wildman–Crippen MR) is 76.0 cm³/mol. The van der Waals surface area contributed by atoms with E-state index in [1.807, 2.05) is 13.0 Å². The van der Waals surface area contributed by atoms with Crippen LogP contribution in [0.5, 0.6) is 0 Å². The molecule has 3 heterocycles. The van der Waals surface area contributed by atoms with Crippen LogP contribution in [0.1, 0.15) is 38.3 Å². The summed E-state index contributed by atoms with van der Waals surface area (Å²) in [5.74, 6) is 0.150. The molecule has 0 spiro atoms. The number of hydrogen-bond donors (Lipinski definition) is 0. The predicted octanol–water partition coefficient (Wildman–Crippen LogP) is 0.978. The molecule has 112 valence electrons. The van der Waals surface area contributed by atoms with Crippen LogP contribution in [0.3, 0.4) is 0 Å². The number of hydrogen-bond acceptors (Lipinski definition) is 4. The van der Waals surface area contributed by atoms with E-state index in [2.05, 4.69) is 10.2 Å². The van der Waals surface area contributed by atoms with Crippen LogP contribution in [-0.2, 0) is 16.1 Å². The second-order valence-electron chi connectivity index (χ2n) is 5.65. The highest BCUT2D eigenvalue weighted by molar-refractivity contribution is 5.97. The third kappa shape index (κ3) is 2.50. The van der Waals surface area contributed by atoms with Crippen molar-refractivity contribution in [2.45, 2.75) is 51.2 Å². The Hall–Kier alpha value is -1.98. The minimum atomic E-state index is -0.367. The fraction of sp³-hybridized carbons (Fsp3) is 0.600. The van der Waals surface area contributed by atoms with Gasteiger partial charge in [0.2, 0.25) is 11.8 Å². The number of nitrogens with zero attached hydrogens (tertiary/aromatic N) is 4. The van der Waals surface area contributed by atoms with Crippen LogP contribution in [0.15, 0.2) is 18.3 Å². The Kier molecular flexibility index (Phi) is 3.86. The molecule has 0 aliphatic carbocycles. The third-order valence-corrected chi connectivity index (χ3v) is 4.36. The molecule has 6 heteroatoms. The third-order valence-electron chi connectivity index (χ3n) is 4.36. The molecule has 2 unspecified atom stereocenters. The van der Waals surface area contributed by atoms with Crippen molar-refractivity contribution in [3.05, 3.63) is 24.0 Å². The van der Waals surface area contributed by atoms with Crippen molar-refractivity contribution in [1.29, 1.82) is 0 Å². The van der Waals surface area contributed by atoms with Crippen LogP contribution in [0.25, 0.3) is 0 Å². The number of aromatic nitrogens is 2. The molecule has 2 saturated heterocycles. The van der Waals surface area contributed by atoms with E-state index < -0.39 is 0 Å². The molecule has 3 rings (SSSR count). The Morgan fingerprint density at radius 3 is 2.86 bits per heavy atom. The fourth-order valence-electron chi connectivity index (χ4n) is 3.30. The van der Waals surface area contributed by atoms with Crippen molar-refractivity contribution in [2.24, 2.45) is 0 Å². The first-order chi connectivity index (χ1) is 10.2. The number of piperazine rings is 1. The number of amides is 2. The van der Waals surface area contributed by atoms with E-state index in [1.54, 1.807) is 22.1 Å². The molecule has 21 heavy (non-hydrogen) atoms. The molecule has 2 fully saturated rings. The quantitative estimate of drug-likeness (QED) is 0.831. The summed E-state index contributed by atoms with van der Waals surface area (Å²) in [6.07, 6.45) is 5.02.